The number of aryl methyl sites for hydroxylation is 2. The number of hydrogen-bond donors (Lipinski definition) is 1. The van der Waals surface area contributed by atoms with Crippen LogP contribution in [0.3, 0.4) is 0 Å². The van der Waals surface area contributed by atoms with Gasteiger partial charge in [0.15, 0.2) is 12.5 Å². The van der Waals surface area contributed by atoms with Crippen LogP contribution in [0.1, 0.15) is 36.6 Å². The Hall–Kier alpha value is -2.43. The maximum absolute atomic E-state index is 11.2. The third-order valence-corrected chi connectivity index (χ3v) is 6.04. The fourth-order valence-corrected chi connectivity index (χ4v) is 4.54. The minimum Gasteiger partial charge on any atom is -0.494 e. The molecule has 0 atom stereocenters. The predicted octanol–water partition coefficient (Wildman–Crippen LogP) is 6.51. The highest BCUT2D eigenvalue weighted by atomic mass is 35.5. The first-order chi connectivity index (χ1) is 14.5. The highest BCUT2D eigenvalue weighted by Crippen LogP contribution is 2.48. The van der Waals surface area contributed by atoms with Gasteiger partial charge in [-0.1, -0.05) is 35.9 Å². The van der Waals surface area contributed by atoms with Gasteiger partial charge in [0.1, 0.15) is 0 Å². The van der Waals surface area contributed by atoms with Crippen LogP contribution in [0.15, 0.2) is 36.4 Å². The molecular formula is C25H28ClNO3. The number of hydrogen-bond acceptors (Lipinski definition) is 3. The highest BCUT2D eigenvalue weighted by Gasteiger charge is 2.28. The third-order valence-electron chi connectivity index (χ3n) is 5.79. The second-order valence-electron chi connectivity index (χ2n) is 7.83. The molecular weight excluding hydrogens is 398 g/mol. The molecule has 0 aliphatic carbocycles. The lowest BCUT2D eigenvalue weighted by molar-refractivity contribution is 0.0220. The molecule has 0 amide bonds. The molecule has 1 aliphatic rings. The molecule has 0 radical (unpaired) electrons. The van der Waals surface area contributed by atoms with Crippen molar-refractivity contribution < 1.29 is 14.6 Å². The standard InChI is InChI=1S/C25H28ClNO3/c1-4-29-15-30-24-21-7-5-6-12-27(21)25(28)23(24)22-16(2)13-19(14-17(22)3)18-8-10-20(26)11-9-18/h8-11,13-14,28H,4-7,12,15H2,1-3H3. The first kappa shape index (κ1) is 20.8. The van der Waals surface area contributed by atoms with Crippen molar-refractivity contribution >= 4 is 11.6 Å². The summed E-state index contributed by atoms with van der Waals surface area (Å²) in [4.78, 5) is 0. The van der Waals surface area contributed by atoms with Gasteiger partial charge in [0.2, 0.25) is 5.88 Å². The van der Waals surface area contributed by atoms with Crippen LogP contribution in [-0.2, 0) is 17.7 Å². The van der Waals surface area contributed by atoms with E-state index in [0.717, 1.165) is 75.7 Å². The summed E-state index contributed by atoms with van der Waals surface area (Å²) in [6, 6.07) is 12.2. The second kappa shape index (κ2) is 8.75. The normalized spacial score (nSPS) is 13.3. The molecule has 30 heavy (non-hydrogen) atoms. The van der Waals surface area contributed by atoms with Crippen LogP contribution < -0.4 is 4.74 Å². The zero-order valence-electron chi connectivity index (χ0n) is 17.8. The van der Waals surface area contributed by atoms with Crippen LogP contribution in [0, 0.1) is 13.8 Å². The minimum absolute atomic E-state index is 0.181. The van der Waals surface area contributed by atoms with Crippen molar-refractivity contribution in [3.05, 3.63) is 58.2 Å². The number of rotatable bonds is 6. The van der Waals surface area contributed by atoms with Crippen molar-refractivity contribution in [1.29, 1.82) is 0 Å². The molecule has 2 heterocycles. The molecule has 0 fully saturated rings. The lowest BCUT2D eigenvalue weighted by atomic mass is 9.91. The largest absolute Gasteiger partial charge is 0.494 e. The Morgan fingerprint density at radius 1 is 1.00 bits per heavy atom. The van der Waals surface area contributed by atoms with Gasteiger partial charge in [0.05, 0.1) is 11.3 Å². The average molecular weight is 426 g/mol. The molecule has 158 valence electrons. The average Bonchev–Trinajstić information content (AvgIpc) is 3.01. The molecule has 0 saturated heterocycles. The molecule has 0 bridgehead atoms. The molecule has 3 aromatic rings. The minimum atomic E-state index is 0.181. The summed E-state index contributed by atoms with van der Waals surface area (Å²) in [6.07, 6.45) is 3.06. The van der Waals surface area contributed by atoms with Gasteiger partial charge in [-0.25, -0.2) is 0 Å². The Morgan fingerprint density at radius 3 is 2.37 bits per heavy atom. The van der Waals surface area contributed by atoms with Gasteiger partial charge in [-0.2, -0.15) is 0 Å². The van der Waals surface area contributed by atoms with Gasteiger partial charge in [-0.3, -0.25) is 0 Å². The molecule has 0 saturated carbocycles. The summed E-state index contributed by atoms with van der Waals surface area (Å²) < 4.78 is 13.5. The summed E-state index contributed by atoms with van der Waals surface area (Å²) in [7, 11) is 0. The van der Waals surface area contributed by atoms with Gasteiger partial charge < -0.3 is 19.1 Å². The Labute approximate surface area is 183 Å². The van der Waals surface area contributed by atoms with Gasteiger partial charge in [0.25, 0.3) is 0 Å². The summed E-state index contributed by atoms with van der Waals surface area (Å²) in [6.45, 7) is 7.70. The predicted molar refractivity (Wildman–Crippen MR) is 122 cm³/mol. The molecule has 1 N–H and O–H groups in total. The fraction of sp³-hybridized carbons (Fsp3) is 0.360. The number of aromatic nitrogens is 1. The van der Waals surface area contributed by atoms with Crippen molar-refractivity contribution in [2.45, 2.75) is 46.6 Å². The zero-order valence-corrected chi connectivity index (χ0v) is 18.6. The quantitative estimate of drug-likeness (QED) is 0.361. The number of fused-ring (bicyclic) bond motifs is 1. The number of nitrogens with zero attached hydrogens (tertiary/aromatic N) is 1. The van der Waals surface area contributed by atoms with Gasteiger partial charge in [-0.15, -0.1) is 0 Å². The van der Waals surface area contributed by atoms with E-state index >= 15 is 0 Å². The van der Waals surface area contributed by atoms with Crippen molar-refractivity contribution in [3.63, 3.8) is 0 Å². The molecule has 4 rings (SSSR count). The molecule has 1 aromatic heterocycles. The van der Waals surface area contributed by atoms with Crippen LogP contribution in [0.2, 0.25) is 5.02 Å². The van der Waals surface area contributed by atoms with Crippen molar-refractivity contribution in [2.24, 2.45) is 0 Å². The molecule has 0 unspecified atom stereocenters. The highest BCUT2D eigenvalue weighted by molar-refractivity contribution is 6.30. The summed E-state index contributed by atoms with van der Waals surface area (Å²) in [5, 5.41) is 11.9. The lowest BCUT2D eigenvalue weighted by Gasteiger charge is -2.17. The first-order valence-electron chi connectivity index (χ1n) is 10.5. The number of halogens is 1. The maximum Gasteiger partial charge on any atom is 0.203 e. The van der Waals surface area contributed by atoms with Crippen LogP contribution >= 0.6 is 11.6 Å². The summed E-state index contributed by atoms with van der Waals surface area (Å²) in [5.41, 5.74) is 7.31. The Balaban J connectivity index is 1.83. The number of aromatic hydroxyl groups is 1. The van der Waals surface area contributed by atoms with Gasteiger partial charge in [-0.05, 0) is 80.0 Å². The van der Waals surface area contributed by atoms with Gasteiger partial charge in [0, 0.05) is 18.2 Å². The monoisotopic (exact) mass is 425 g/mol. The van der Waals surface area contributed by atoms with Crippen LogP contribution in [0.25, 0.3) is 22.3 Å². The molecule has 0 spiro atoms. The van der Waals surface area contributed by atoms with E-state index in [1.807, 2.05) is 35.8 Å². The topological polar surface area (TPSA) is 43.6 Å². The number of benzene rings is 2. The van der Waals surface area contributed by atoms with Crippen LogP contribution in [-0.4, -0.2) is 23.1 Å². The van der Waals surface area contributed by atoms with Crippen molar-refractivity contribution in [3.8, 4) is 33.9 Å². The van der Waals surface area contributed by atoms with E-state index in [-0.39, 0.29) is 6.79 Å². The van der Waals surface area contributed by atoms with E-state index in [4.69, 9.17) is 21.1 Å². The Bertz CT molecular complexity index is 1030. The second-order valence-corrected chi connectivity index (χ2v) is 8.27. The van der Waals surface area contributed by atoms with E-state index < -0.39 is 0 Å². The molecule has 1 aliphatic heterocycles. The smallest absolute Gasteiger partial charge is 0.203 e. The SMILES string of the molecule is CCOCOc1c(-c2c(C)cc(-c3ccc(Cl)cc3)cc2C)c(O)n2c1CCCC2. The first-order valence-corrected chi connectivity index (χ1v) is 10.9. The van der Waals surface area contributed by atoms with E-state index in [1.165, 1.54) is 0 Å². The van der Waals surface area contributed by atoms with E-state index in [2.05, 4.69) is 26.0 Å². The molecule has 4 nitrogen and oxygen atoms in total. The van der Waals surface area contributed by atoms with Crippen LogP contribution in [0.4, 0.5) is 0 Å². The maximum atomic E-state index is 11.2. The van der Waals surface area contributed by atoms with E-state index in [0.29, 0.717) is 12.5 Å². The van der Waals surface area contributed by atoms with Gasteiger partial charge >= 0.3 is 0 Å². The Morgan fingerprint density at radius 2 is 1.70 bits per heavy atom. The fourth-order valence-electron chi connectivity index (χ4n) is 4.41. The zero-order chi connectivity index (χ0) is 21.3. The molecule has 5 heteroatoms. The van der Waals surface area contributed by atoms with E-state index in [9.17, 15) is 5.11 Å². The third kappa shape index (κ3) is 3.82. The van der Waals surface area contributed by atoms with E-state index in [1.54, 1.807) is 0 Å². The van der Waals surface area contributed by atoms with Crippen molar-refractivity contribution in [2.75, 3.05) is 13.4 Å². The van der Waals surface area contributed by atoms with Crippen LogP contribution in [0.5, 0.6) is 11.6 Å². The number of ether oxygens (including phenoxy) is 2. The Kier molecular flexibility index (Phi) is 6.07. The van der Waals surface area contributed by atoms with Crippen molar-refractivity contribution in [1.82, 2.24) is 4.57 Å². The summed E-state index contributed by atoms with van der Waals surface area (Å²) >= 11 is 6.05. The molecule has 2 aromatic carbocycles. The summed E-state index contributed by atoms with van der Waals surface area (Å²) in [5.74, 6) is 1.05. The lowest BCUT2D eigenvalue weighted by Crippen LogP contribution is -2.11.